The molecule has 0 radical (unpaired) electrons. The molecule has 0 saturated carbocycles. The van der Waals surface area contributed by atoms with E-state index in [1.54, 1.807) is 0 Å². The lowest BCUT2D eigenvalue weighted by molar-refractivity contribution is -0.139. The fourth-order valence-electron chi connectivity index (χ4n) is 1.18. The van der Waals surface area contributed by atoms with Gasteiger partial charge in [0.1, 0.15) is 24.4 Å². The van der Waals surface area contributed by atoms with Crippen molar-refractivity contribution in [2.75, 3.05) is 18.9 Å². The minimum absolute atomic E-state index is 0.0139. The van der Waals surface area contributed by atoms with Crippen LogP contribution in [0, 0.1) is 0 Å². The monoisotopic (exact) mass is 285 g/mol. The largest absolute Gasteiger partial charge is 0.480 e. The molecule has 0 heterocycles. The summed E-state index contributed by atoms with van der Waals surface area (Å²) in [4.78, 5) is 10.6. The zero-order chi connectivity index (χ0) is 14.3. The molecule has 0 fully saturated rings. The van der Waals surface area contributed by atoms with Crippen LogP contribution in [-0.4, -0.2) is 86.0 Å². The van der Waals surface area contributed by atoms with Crippen molar-refractivity contribution in [1.82, 2.24) is 5.32 Å². The molecule has 9 heteroatoms. The van der Waals surface area contributed by atoms with Gasteiger partial charge in [-0.2, -0.15) is 12.6 Å². The maximum absolute atomic E-state index is 10.6. The summed E-state index contributed by atoms with van der Waals surface area (Å²) in [6.45, 7) is -1.08. The van der Waals surface area contributed by atoms with Crippen molar-refractivity contribution in [2.24, 2.45) is 0 Å². The number of aliphatic hydroxyl groups excluding tert-OH is 5. The van der Waals surface area contributed by atoms with E-state index in [0.717, 1.165) is 0 Å². The fraction of sp³-hybridized carbons (Fsp3) is 0.889. The lowest BCUT2D eigenvalue weighted by atomic mass is 10.0. The Morgan fingerprint density at radius 2 is 1.61 bits per heavy atom. The number of carboxylic acids is 1. The first-order valence-corrected chi connectivity index (χ1v) is 5.88. The van der Waals surface area contributed by atoms with E-state index in [2.05, 4.69) is 17.9 Å². The van der Waals surface area contributed by atoms with E-state index in [4.69, 9.17) is 15.3 Å². The first-order chi connectivity index (χ1) is 8.34. The van der Waals surface area contributed by atoms with E-state index in [1.165, 1.54) is 0 Å². The summed E-state index contributed by atoms with van der Waals surface area (Å²) in [5.74, 6) is -1.18. The molecule has 0 aromatic heterocycles. The number of thiol groups is 1. The van der Waals surface area contributed by atoms with Crippen LogP contribution < -0.4 is 5.32 Å². The average Bonchev–Trinajstić information content (AvgIpc) is 2.35. The molecule has 0 rings (SSSR count). The van der Waals surface area contributed by atoms with Crippen LogP contribution in [0.15, 0.2) is 0 Å². The molecule has 0 aliphatic heterocycles. The minimum Gasteiger partial charge on any atom is -0.480 e. The lowest BCUT2D eigenvalue weighted by Crippen LogP contribution is -2.51. The van der Waals surface area contributed by atoms with E-state index >= 15 is 0 Å². The molecule has 0 aromatic rings. The number of hydrogen-bond donors (Lipinski definition) is 8. The van der Waals surface area contributed by atoms with Gasteiger partial charge in [0.2, 0.25) is 0 Å². The van der Waals surface area contributed by atoms with Gasteiger partial charge in [0, 0.05) is 12.3 Å². The van der Waals surface area contributed by atoms with Gasteiger partial charge < -0.3 is 36.0 Å². The predicted molar refractivity (Wildman–Crippen MR) is 64.4 cm³/mol. The highest BCUT2D eigenvalue weighted by molar-refractivity contribution is 7.80. The molecule has 8 nitrogen and oxygen atoms in total. The molecule has 18 heavy (non-hydrogen) atoms. The Hall–Kier alpha value is -0.420. The van der Waals surface area contributed by atoms with Crippen molar-refractivity contribution in [3.05, 3.63) is 0 Å². The Morgan fingerprint density at radius 1 is 1.11 bits per heavy atom. The number of carbonyl (C=O) groups is 1. The molecule has 0 bridgehead atoms. The van der Waals surface area contributed by atoms with Crippen LogP contribution in [0.5, 0.6) is 0 Å². The van der Waals surface area contributed by atoms with E-state index < -0.39 is 43.0 Å². The highest BCUT2D eigenvalue weighted by Crippen LogP contribution is 2.05. The van der Waals surface area contributed by atoms with Gasteiger partial charge in [0.25, 0.3) is 0 Å². The van der Waals surface area contributed by atoms with Gasteiger partial charge >= 0.3 is 5.97 Å². The number of rotatable bonds is 9. The van der Waals surface area contributed by atoms with Crippen LogP contribution in [0.4, 0.5) is 0 Å². The number of carboxylic acid groups (broad SMARTS) is 1. The molecule has 0 aliphatic rings. The summed E-state index contributed by atoms with van der Waals surface area (Å²) in [5.41, 5.74) is 0. The Morgan fingerprint density at radius 3 is 2.00 bits per heavy atom. The van der Waals surface area contributed by atoms with E-state index in [-0.39, 0.29) is 12.3 Å². The first kappa shape index (κ1) is 17.6. The van der Waals surface area contributed by atoms with Crippen LogP contribution in [0.1, 0.15) is 0 Å². The van der Waals surface area contributed by atoms with Gasteiger partial charge in [0.15, 0.2) is 0 Å². The SMILES string of the molecule is O=C(O)[C@H](CS)NC[C@H](O)[C@@H](O)[C@@H](O)[C@@H](O)CO. The molecule has 0 saturated heterocycles. The normalized spacial score (nSPS) is 19.9. The van der Waals surface area contributed by atoms with E-state index in [0.29, 0.717) is 0 Å². The number of hydrogen-bond acceptors (Lipinski definition) is 8. The summed E-state index contributed by atoms with van der Waals surface area (Å²) < 4.78 is 0. The number of aliphatic carboxylic acids is 1. The first-order valence-electron chi connectivity index (χ1n) is 5.25. The van der Waals surface area contributed by atoms with Gasteiger partial charge in [-0.15, -0.1) is 0 Å². The highest BCUT2D eigenvalue weighted by Gasteiger charge is 2.30. The Balaban J connectivity index is 4.23. The van der Waals surface area contributed by atoms with Crippen molar-refractivity contribution in [3.8, 4) is 0 Å². The summed E-state index contributed by atoms with van der Waals surface area (Å²) in [6, 6.07) is -1.00. The molecule has 0 amide bonds. The molecule has 0 aromatic carbocycles. The van der Waals surface area contributed by atoms with Crippen molar-refractivity contribution in [3.63, 3.8) is 0 Å². The maximum atomic E-state index is 10.6. The molecular weight excluding hydrogens is 266 g/mol. The molecule has 0 spiro atoms. The minimum atomic E-state index is -1.73. The predicted octanol–water partition coefficient (Wildman–Crippen LogP) is -3.61. The van der Waals surface area contributed by atoms with Gasteiger partial charge in [0.05, 0.1) is 12.7 Å². The van der Waals surface area contributed by atoms with Crippen LogP contribution in [-0.2, 0) is 4.79 Å². The van der Waals surface area contributed by atoms with Crippen LogP contribution in [0.25, 0.3) is 0 Å². The third-order valence-electron chi connectivity index (χ3n) is 2.38. The topological polar surface area (TPSA) is 150 Å². The second kappa shape index (κ2) is 8.64. The third-order valence-corrected chi connectivity index (χ3v) is 2.74. The van der Waals surface area contributed by atoms with E-state index in [9.17, 15) is 20.1 Å². The third kappa shape index (κ3) is 5.48. The summed E-state index contributed by atoms with van der Waals surface area (Å²) in [5, 5.41) is 56.9. The molecular formula is C9H19NO7S. The molecule has 5 atom stereocenters. The molecule has 108 valence electrons. The lowest BCUT2D eigenvalue weighted by Gasteiger charge is -2.26. The summed E-state index contributed by atoms with van der Waals surface area (Å²) in [6.07, 6.45) is -6.53. The van der Waals surface area contributed by atoms with Crippen LogP contribution in [0.2, 0.25) is 0 Å². The molecule has 0 aliphatic carbocycles. The number of nitrogens with one attached hydrogen (secondary N) is 1. The summed E-state index contributed by atoms with van der Waals surface area (Å²) >= 11 is 3.79. The Kier molecular flexibility index (Phi) is 8.44. The van der Waals surface area contributed by atoms with Gasteiger partial charge in [-0.25, -0.2) is 0 Å². The summed E-state index contributed by atoms with van der Waals surface area (Å²) in [7, 11) is 0. The van der Waals surface area contributed by atoms with Gasteiger partial charge in [-0.05, 0) is 0 Å². The van der Waals surface area contributed by atoms with Crippen LogP contribution >= 0.6 is 12.6 Å². The van der Waals surface area contributed by atoms with Crippen molar-refractivity contribution >= 4 is 18.6 Å². The Labute approximate surface area is 109 Å². The van der Waals surface area contributed by atoms with Gasteiger partial charge in [-0.1, -0.05) is 0 Å². The second-order valence-corrected chi connectivity index (χ2v) is 4.15. The van der Waals surface area contributed by atoms with Crippen molar-refractivity contribution < 1.29 is 35.4 Å². The van der Waals surface area contributed by atoms with Crippen molar-refractivity contribution in [1.29, 1.82) is 0 Å². The van der Waals surface area contributed by atoms with Gasteiger partial charge in [-0.3, -0.25) is 4.79 Å². The second-order valence-electron chi connectivity index (χ2n) is 3.78. The zero-order valence-electron chi connectivity index (χ0n) is 9.55. The van der Waals surface area contributed by atoms with Crippen LogP contribution in [0.3, 0.4) is 0 Å². The van der Waals surface area contributed by atoms with E-state index in [1.807, 2.05) is 0 Å². The maximum Gasteiger partial charge on any atom is 0.321 e. The quantitative estimate of drug-likeness (QED) is 0.202. The average molecular weight is 285 g/mol. The standard InChI is InChI=1S/C9H19NO7S/c11-2-6(13)8(15)7(14)5(12)1-10-4(3-18)9(16)17/h4-8,10-15,18H,1-3H2,(H,16,17)/t4-,5-,6-,7+,8-/m0/s1. The smallest absolute Gasteiger partial charge is 0.321 e. The number of aliphatic hydroxyl groups is 5. The zero-order valence-corrected chi connectivity index (χ0v) is 10.4. The molecule has 0 unspecified atom stereocenters. The Bertz CT molecular complexity index is 255. The highest BCUT2D eigenvalue weighted by atomic mass is 32.1. The van der Waals surface area contributed by atoms with Crippen molar-refractivity contribution in [2.45, 2.75) is 30.5 Å². The molecule has 7 N–H and O–H groups in total. The fourth-order valence-corrected chi connectivity index (χ4v) is 1.46.